The summed E-state index contributed by atoms with van der Waals surface area (Å²) < 4.78 is 2.18. The van der Waals surface area contributed by atoms with Crippen LogP contribution >= 0.6 is 0 Å². The Balaban J connectivity index is 1.22. The molecule has 0 saturated carbocycles. The van der Waals surface area contributed by atoms with Gasteiger partial charge in [-0.25, -0.2) is 0 Å². The number of rotatable bonds is 7. The molecule has 0 fully saturated rings. The molecule has 2 heterocycles. The Morgan fingerprint density at radius 1 is 0.921 bits per heavy atom. The average molecular weight is 495 g/mol. The number of aromatic amines is 1. The topological polar surface area (TPSA) is 73.6 Å². The van der Waals surface area contributed by atoms with E-state index in [4.69, 9.17) is 0 Å². The summed E-state index contributed by atoms with van der Waals surface area (Å²) in [5.41, 5.74) is 5.41. The fourth-order valence-corrected chi connectivity index (χ4v) is 5.10. The molecule has 0 aliphatic rings. The normalized spacial score (nSPS) is 11.7. The van der Waals surface area contributed by atoms with Crippen molar-refractivity contribution >= 4 is 44.6 Å². The van der Waals surface area contributed by atoms with E-state index in [-0.39, 0.29) is 11.5 Å². The minimum Gasteiger partial charge on any atom is -0.361 e. The molecule has 6 rings (SSSR count). The maximum absolute atomic E-state index is 12.9. The lowest BCUT2D eigenvalue weighted by Crippen LogP contribution is -2.26. The van der Waals surface area contributed by atoms with E-state index in [0.717, 1.165) is 32.9 Å². The van der Waals surface area contributed by atoms with E-state index in [9.17, 15) is 10.1 Å². The van der Waals surface area contributed by atoms with Gasteiger partial charge in [-0.15, -0.1) is 0 Å². The van der Waals surface area contributed by atoms with Crippen LogP contribution < -0.4 is 5.32 Å². The zero-order valence-electron chi connectivity index (χ0n) is 20.8. The van der Waals surface area contributed by atoms with Crippen LogP contribution in [0.15, 0.2) is 109 Å². The molecule has 2 aromatic heterocycles. The smallest absolute Gasteiger partial charge is 0.261 e. The van der Waals surface area contributed by atoms with Crippen LogP contribution in [0.2, 0.25) is 0 Å². The van der Waals surface area contributed by atoms with Gasteiger partial charge in [0.15, 0.2) is 0 Å². The van der Waals surface area contributed by atoms with E-state index in [1.807, 2.05) is 54.9 Å². The number of amides is 1. The quantitative estimate of drug-likeness (QED) is 0.194. The van der Waals surface area contributed by atoms with Gasteiger partial charge < -0.3 is 14.9 Å². The molecule has 4 aromatic carbocycles. The second-order valence-corrected chi connectivity index (χ2v) is 9.45. The number of fused-ring (bicyclic) bond motifs is 3. The van der Waals surface area contributed by atoms with E-state index in [1.54, 1.807) is 6.08 Å². The number of nitrogens with one attached hydrogen (secondary N) is 2. The van der Waals surface area contributed by atoms with Crippen molar-refractivity contribution in [2.45, 2.75) is 13.0 Å². The van der Waals surface area contributed by atoms with Crippen LogP contribution in [0.1, 0.15) is 16.7 Å². The van der Waals surface area contributed by atoms with Crippen LogP contribution in [0.3, 0.4) is 0 Å². The summed E-state index contributed by atoms with van der Waals surface area (Å²) in [6.45, 7) is 1.14. The number of carbonyl (C=O) groups excluding carboxylic acids is 1. The van der Waals surface area contributed by atoms with E-state index >= 15 is 0 Å². The molecule has 0 atom stereocenters. The second-order valence-electron chi connectivity index (χ2n) is 9.45. The number of hydrogen-bond acceptors (Lipinski definition) is 2. The molecular formula is C33H26N4O. The van der Waals surface area contributed by atoms with Crippen molar-refractivity contribution in [2.24, 2.45) is 0 Å². The van der Waals surface area contributed by atoms with Gasteiger partial charge in [-0.1, -0.05) is 72.8 Å². The summed E-state index contributed by atoms with van der Waals surface area (Å²) >= 11 is 0. The molecule has 5 nitrogen and oxygen atoms in total. The Kier molecular flexibility index (Phi) is 6.21. The Hall–Kier alpha value is -5.08. The third kappa shape index (κ3) is 4.56. The minimum absolute atomic E-state index is 0.0949. The van der Waals surface area contributed by atoms with Gasteiger partial charge in [0, 0.05) is 52.9 Å². The Bertz CT molecular complexity index is 1870. The molecule has 0 saturated heterocycles. The van der Waals surface area contributed by atoms with Crippen molar-refractivity contribution < 1.29 is 4.79 Å². The standard InChI is InChI=1S/C33H26N4O/c34-19-27(33(38)35-16-15-26-20-36-31-11-5-3-9-29(26)31)18-28-22-37(32-12-6-4-10-30(28)32)21-23-13-14-24-7-1-2-8-25(24)17-23/h1-14,17-18,20,22,36H,15-16,21H2,(H,35,38)/b27-18-. The van der Waals surface area contributed by atoms with Crippen LogP contribution in [-0.4, -0.2) is 22.0 Å². The molecule has 38 heavy (non-hydrogen) atoms. The molecule has 1 amide bonds. The molecule has 0 spiro atoms. The van der Waals surface area contributed by atoms with Gasteiger partial charge in [-0.05, 0) is 52.6 Å². The van der Waals surface area contributed by atoms with Gasteiger partial charge in [0.2, 0.25) is 0 Å². The largest absolute Gasteiger partial charge is 0.361 e. The lowest BCUT2D eigenvalue weighted by molar-refractivity contribution is -0.117. The van der Waals surface area contributed by atoms with Crippen molar-refractivity contribution in [3.05, 3.63) is 126 Å². The van der Waals surface area contributed by atoms with Crippen molar-refractivity contribution in [3.63, 3.8) is 0 Å². The Morgan fingerprint density at radius 2 is 1.68 bits per heavy atom. The van der Waals surface area contributed by atoms with Crippen LogP contribution in [0.25, 0.3) is 38.7 Å². The van der Waals surface area contributed by atoms with Gasteiger partial charge in [-0.3, -0.25) is 4.79 Å². The number of aromatic nitrogens is 2. The first-order valence-corrected chi connectivity index (χ1v) is 12.7. The minimum atomic E-state index is -0.362. The van der Waals surface area contributed by atoms with E-state index < -0.39 is 0 Å². The maximum Gasteiger partial charge on any atom is 0.261 e. The number of para-hydroxylation sites is 2. The molecule has 0 bridgehead atoms. The summed E-state index contributed by atoms with van der Waals surface area (Å²) in [5, 5.41) is 17.3. The van der Waals surface area contributed by atoms with E-state index in [0.29, 0.717) is 19.5 Å². The summed E-state index contributed by atoms with van der Waals surface area (Å²) in [6, 6.07) is 33.1. The molecule has 0 aliphatic carbocycles. The monoisotopic (exact) mass is 494 g/mol. The lowest BCUT2D eigenvalue weighted by Gasteiger charge is -2.07. The van der Waals surface area contributed by atoms with Crippen LogP contribution in [0.5, 0.6) is 0 Å². The highest BCUT2D eigenvalue weighted by atomic mass is 16.1. The zero-order valence-corrected chi connectivity index (χ0v) is 20.8. The summed E-state index contributed by atoms with van der Waals surface area (Å²) in [7, 11) is 0. The third-order valence-corrected chi connectivity index (χ3v) is 7.01. The van der Waals surface area contributed by atoms with Gasteiger partial charge >= 0.3 is 0 Å². The Morgan fingerprint density at radius 3 is 2.55 bits per heavy atom. The molecule has 0 radical (unpaired) electrons. The molecular weight excluding hydrogens is 468 g/mol. The van der Waals surface area contributed by atoms with Crippen LogP contribution in [0, 0.1) is 11.3 Å². The van der Waals surface area contributed by atoms with Gasteiger partial charge in [0.1, 0.15) is 11.6 Å². The summed E-state index contributed by atoms with van der Waals surface area (Å²) in [5.74, 6) is -0.362. The zero-order chi connectivity index (χ0) is 25.9. The highest BCUT2D eigenvalue weighted by Gasteiger charge is 2.13. The maximum atomic E-state index is 12.9. The number of H-pyrrole nitrogens is 1. The third-order valence-electron chi connectivity index (χ3n) is 7.01. The van der Waals surface area contributed by atoms with Gasteiger partial charge in [0.25, 0.3) is 5.91 Å². The predicted molar refractivity (Wildman–Crippen MR) is 154 cm³/mol. The molecule has 6 aromatic rings. The number of nitriles is 1. The number of hydrogen-bond donors (Lipinski definition) is 2. The first kappa shape index (κ1) is 23.3. The number of nitrogens with zero attached hydrogens (tertiary/aromatic N) is 2. The number of carbonyl (C=O) groups is 1. The molecule has 184 valence electrons. The molecule has 0 aliphatic heterocycles. The second kappa shape index (κ2) is 10.1. The van der Waals surface area contributed by atoms with E-state index in [1.165, 1.54) is 16.3 Å². The summed E-state index contributed by atoms with van der Waals surface area (Å²) in [6.07, 6.45) is 6.37. The first-order chi connectivity index (χ1) is 18.7. The van der Waals surface area contributed by atoms with E-state index in [2.05, 4.69) is 69.5 Å². The molecule has 5 heteroatoms. The molecule has 0 unspecified atom stereocenters. The lowest BCUT2D eigenvalue weighted by atomic mass is 10.1. The van der Waals surface area contributed by atoms with Gasteiger partial charge in [-0.2, -0.15) is 5.26 Å². The van der Waals surface area contributed by atoms with Crippen molar-refractivity contribution in [1.82, 2.24) is 14.9 Å². The SMILES string of the molecule is N#C/C(=C/c1cn(Cc2ccc3ccccc3c2)c2ccccc12)C(=O)NCCc1c[nH]c2ccccc12. The molecule has 2 N–H and O–H groups in total. The first-order valence-electron chi connectivity index (χ1n) is 12.7. The highest BCUT2D eigenvalue weighted by molar-refractivity contribution is 6.04. The predicted octanol–water partition coefficient (Wildman–Crippen LogP) is 6.59. The van der Waals surface area contributed by atoms with Crippen LogP contribution in [0.4, 0.5) is 0 Å². The van der Waals surface area contributed by atoms with Crippen molar-refractivity contribution in [3.8, 4) is 6.07 Å². The van der Waals surface area contributed by atoms with Gasteiger partial charge in [0.05, 0.1) is 0 Å². The Labute approximate surface area is 220 Å². The average Bonchev–Trinajstić information content (AvgIpc) is 3.53. The highest BCUT2D eigenvalue weighted by Crippen LogP contribution is 2.26. The van der Waals surface area contributed by atoms with Crippen molar-refractivity contribution in [2.75, 3.05) is 6.54 Å². The fourth-order valence-electron chi connectivity index (χ4n) is 5.10. The number of benzene rings is 4. The summed E-state index contributed by atoms with van der Waals surface area (Å²) in [4.78, 5) is 16.2. The fraction of sp³-hybridized carbons (Fsp3) is 0.0909. The van der Waals surface area contributed by atoms with Crippen molar-refractivity contribution in [1.29, 1.82) is 5.26 Å². The van der Waals surface area contributed by atoms with Crippen LogP contribution in [-0.2, 0) is 17.8 Å².